The summed E-state index contributed by atoms with van der Waals surface area (Å²) in [5.41, 5.74) is 2.34. The number of benzene rings is 1. The molecule has 0 aliphatic carbocycles. The second-order valence-electron chi connectivity index (χ2n) is 4.95. The summed E-state index contributed by atoms with van der Waals surface area (Å²) in [5, 5.41) is 0. The van der Waals surface area contributed by atoms with Gasteiger partial charge < -0.3 is 9.64 Å². The van der Waals surface area contributed by atoms with E-state index in [0.717, 1.165) is 16.9 Å². The number of thioether (sulfide) groups is 1. The van der Waals surface area contributed by atoms with Crippen molar-refractivity contribution in [2.45, 2.75) is 32.1 Å². The zero-order valence-corrected chi connectivity index (χ0v) is 14.0. The van der Waals surface area contributed by atoms with Crippen molar-refractivity contribution in [2.75, 3.05) is 26.0 Å². The van der Waals surface area contributed by atoms with E-state index in [1.54, 1.807) is 4.90 Å². The fourth-order valence-electron chi connectivity index (χ4n) is 1.88. The topological polar surface area (TPSA) is 46.6 Å². The van der Waals surface area contributed by atoms with Gasteiger partial charge in [-0.15, -0.1) is 11.8 Å². The molecular weight excluding hydrogens is 286 g/mol. The molecule has 0 N–H and O–H groups in total. The number of carbonyl (C=O) groups is 2. The lowest BCUT2D eigenvalue weighted by atomic mass is 10.2. The minimum atomic E-state index is -0.381. The molecule has 0 aliphatic heterocycles. The summed E-state index contributed by atoms with van der Waals surface area (Å²) in [6.45, 7) is 6.64. The van der Waals surface area contributed by atoms with Crippen LogP contribution in [0, 0.1) is 13.8 Å². The third-order valence-corrected chi connectivity index (χ3v) is 4.23. The number of carbonyl (C=O) groups excluding carboxylic acids is 2. The number of nitrogens with zero attached hydrogens (tertiary/aromatic N) is 1. The Morgan fingerprint density at radius 2 is 2.00 bits per heavy atom. The number of ether oxygens (including phenoxy) is 1. The number of aryl methyl sites for hydroxylation is 2. The van der Waals surface area contributed by atoms with E-state index in [2.05, 4.69) is 22.9 Å². The van der Waals surface area contributed by atoms with E-state index in [9.17, 15) is 9.59 Å². The molecule has 21 heavy (non-hydrogen) atoms. The van der Waals surface area contributed by atoms with Crippen LogP contribution in [-0.4, -0.2) is 42.7 Å². The van der Waals surface area contributed by atoms with Gasteiger partial charge >= 0.3 is 5.97 Å². The highest BCUT2D eigenvalue weighted by Gasteiger charge is 2.17. The second-order valence-corrected chi connectivity index (χ2v) is 5.97. The molecule has 0 heterocycles. The fourth-order valence-corrected chi connectivity index (χ4v) is 2.90. The van der Waals surface area contributed by atoms with Gasteiger partial charge in [-0.3, -0.25) is 9.59 Å². The van der Waals surface area contributed by atoms with E-state index in [0.29, 0.717) is 12.3 Å². The molecule has 0 saturated heterocycles. The number of amides is 1. The molecule has 0 aliphatic rings. The van der Waals surface area contributed by atoms with Crippen LogP contribution in [0.1, 0.15) is 24.5 Å². The van der Waals surface area contributed by atoms with Gasteiger partial charge in [0.15, 0.2) is 0 Å². The van der Waals surface area contributed by atoms with Gasteiger partial charge in [0.25, 0.3) is 0 Å². The van der Waals surface area contributed by atoms with Gasteiger partial charge in [0.1, 0.15) is 6.54 Å². The van der Waals surface area contributed by atoms with E-state index in [4.69, 9.17) is 0 Å². The normalized spacial score (nSPS) is 10.3. The van der Waals surface area contributed by atoms with Crippen molar-refractivity contribution in [3.05, 3.63) is 29.3 Å². The largest absolute Gasteiger partial charge is 0.468 e. The average Bonchev–Trinajstić information content (AvgIpc) is 2.47. The molecule has 5 heteroatoms. The summed E-state index contributed by atoms with van der Waals surface area (Å²) >= 11 is 1.51. The maximum Gasteiger partial charge on any atom is 0.325 e. The molecule has 0 bridgehead atoms. The molecular formula is C16H23NO3S. The Morgan fingerprint density at radius 1 is 1.29 bits per heavy atom. The molecule has 4 nitrogen and oxygen atoms in total. The Kier molecular flexibility index (Phi) is 7.29. The Morgan fingerprint density at radius 3 is 2.62 bits per heavy atom. The van der Waals surface area contributed by atoms with Crippen LogP contribution in [0.3, 0.4) is 0 Å². The lowest BCUT2D eigenvalue weighted by molar-refractivity contribution is -0.146. The number of methoxy groups -OCH3 is 1. The van der Waals surface area contributed by atoms with Crippen LogP contribution >= 0.6 is 11.8 Å². The van der Waals surface area contributed by atoms with Crippen molar-refractivity contribution in [1.82, 2.24) is 4.90 Å². The van der Waals surface area contributed by atoms with Crippen molar-refractivity contribution in [3.63, 3.8) is 0 Å². The van der Waals surface area contributed by atoms with Crippen molar-refractivity contribution < 1.29 is 14.3 Å². The predicted octanol–water partition coefficient (Wildman–Crippen LogP) is 2.81. The van der Waals surface area contributed by atoms with Gasteiger partial charge in [0.2, 0.25) is 5.91 Å². The summed E-state index contributed by atoms with van der Waals surface area (Å²) in [5.74, 6) is -0.0805. The molecule has 1 rings (SSSR count). The third kappa shape index (κ3) is 5.79. The van der Waals surface area contributed by atoms with Crippen LogP contribution in [-0.2, 0) is 14.3 Å². The number of hydrogen-bond donors (Lipinski definition) is 0. The van der Waals surface area contributed by atoms with Gasteiger partial charge in [0, 0.05) is 11.4 Å². The van der Waals surface area contributed by atoms with Crippen molar-refractivity contribution in [2.24, 2.45) is 0 Å². The first-order valence-corrected chi connectivity index (χ1v) is 8.01. The first-order chi connectivity index (χ1) is 9.97. The molecule has 0 aromatic heterocycles. The Balaban J connectivity index is 2.64. The molecule has 0 atom stereocenters. The second kappa shape index (κ2) is 8.72. The smallest absolute Gasteiger partial charge is 0.325 e. The van der Waals surface area contributed by atoms with Crippen LogP contribution in [0.25, 0.3) is 0 Å². The van der Waals surface area contributed by atoms with Gasteiger partial charge in [-0.05, 0) is 31.9 Å². The first kappa shape index (κ1) is 17.6. The number of esters is 1. The lowest BCUT2D eigenvalue weighted by Gasteiger charge is -2.20. The monoisotopic (exact) mass is 309 g/mol. The SMILES string of the molecule is CCCN(CC(=O)OC)C(=O)CSc1cc(C)ccc1C. The van der Waals surface area contributed by atoms with Gasteiger partial charge in [-0.2, -0.15) is 0 Å². The molecule has 0 saturated carbocycles. The Labute approximate surface area is 130 Å². The maximum atomic E-state index is 12.3. The number of hydrogen-bond acceptors (Lipinski definition) is 4. The first-order valence-electron chi connectivity index (χ1n) is 7.02. The highest BCUT2D eigenvalue weighted by Crippen LogP contribution is 2.23. The van der Waals surface area contributed by atoms with Crippen molar-refractivity contribution in [3.8, 4) is 0 Å². The Bertz CT molecular complexity index is 502. The zero-order valence-electron chi connectivity index (χ0n) is 13.1. The highest BCUT2D eigenvalue weighted by atomic mass is 32.2. The minimum absolute atomic E-state index is 0.0243. The highest BCUT2D eigenvalue weighted by molar-refractivity contribution is 8.00. The lowest BCUT2D eigenvalue weighted by Crippen LogP contribution is -2.37. The van der Waals surface area contributed by atoms with Crippen LogP contribution in [0.15, 0.2) is 23.1 Å². The van der Waals surface area contributed by atoms with E-state index in [-0.39, 0.29) is 18.4 Å². The average molecular weight is 309 g/mol. The van der Waals surface area contributed by atoms with Crippen LogP contribution < -0.4 is 0 Å². The number of rotatable bonds is 7. The molecule has 0 radical (unpaired) electrons. The van der Waals surface area contributed by atoms with E-state index in [1.165, 1.54) is 24.4 Å². The summed E-state index contributed by atoms with van der Waals surface area (Å²) in [7, 11) is 1.34. The molecule has 0 fully saturated rings. The van der Waals surface area contributed by atoms with Gasteiger partial charge in [-0.1, -0.05) is 24.6 Å². The Hall–Kier alpha value is -1.49. The van der Waals surface area contributed by atoms with Crippen LogP contribution in [0.5, 0.6) is 0 Å². The van der Waals surface area contributed by atoms with E-state index in [1.807, 2.05) is 20.8 Å². The maximum absolute atomic E-state index is 12.3. The van der Waals surface area contributed by atoms with Crippen molar-refractivity contribution >= 4 is 23.6 Å². The van der Waals surface area contributed by atoms with E-state index >= 15 is 0 Å². The summed E-state index contributed by atoms with van der Waals surface area (Å²) < 4.78 is 4.64. The molecule has 116 valence electrons. The molecule has 1 amide bonds. The molecule has 0 spiro atoms. The minimum Gasteiger partial charge on any atom is -0.468 e. The zero-order chi connectivity index (χ0) is 15.8. The van der Waals surface area contributed by atoms with Crippen LogP contribution in [0.2, 0.25) is 0 Å². The molecule has 1 aromatic rings. The van der Waals surface area contributed by atoms with Gasteiger partial charge in [0.05, 0.1) is 12.9 Å². The third-order valence-electron chi connectivity index (χ3n) is 3.09. The summed E-state index contributed by atoms with van der Waals surface area (Å²) in [6.07, 6.45) is 0.816. The molecule has 0 unspecified atom stereocenters. The summed E-state index contributed by atoms with van der Waals surface area (Å²) in [4.78, 5) is 26.3. The molecule has 1 aromatic carbocycles. The predicted molar refractivity (Wildman–Crippen MR) is 85.5 cm³/mol. The van der Waals surface area contributed by atoms with Crippen molar-refractivity contribution in [1.29, 1.82) is 0 Å². The van der Waals surface area contributed by atoms with Crippen LogP contribution in [0.4, 0.5) is 0 Å². The standard InChI is InChI=1S/C16H23NO3S/c1-5-8-17(10-16(19)20-4)15(18)11-21-14-9-12(2)6-7-13(14)3/h6-7,9H,5,8,10-11H2,1-4H3. The summed E-state index contributed by atoms with van der Waals surface area (Å²) in [6, 6.07) is 6.19. The van der Waals surface area contributed by atoms with E-state index < -0.39 is 0 Å². The fraction of sp³-hybridized carbons (Fsp3) is 0.500. The quantitative estimate of drug-likeness (QED) is 0.574. The van der Waals surface area contributed by atoms with Gasteiger partial charge in [-0.25, -0.2) is 0 Å².